The van der Waals surface area contributed by atoms with Gasteiger partial charge in [0.1, 0.15) is 18.1 Å². The van der Waals surface area contributed by atoms with Crippen molar-refractivity contribution in [1.29, 1.82) is 0 Å². The molecule has 0 atom stereocenters. The number of benzene rings is 5. The maximum atomic E-state index is 10.9. The number of aryl methyl sites for hydroxylation is 1. The lowest BCUT2D eigenvalue weighted by atomic mass is 9.90. The predicted molar refractivity (Wildman–Crippen MR) is 180 cm³/mol. The topological polar surface area (TPSA) is 55.8 Å². The Labute approximate surface area is 268 Å². The number of hydrogen-bond donors (Lipinski definition) is 1. The zero-order valence-corrected chi connectivity index (χ0v) is 26.0. The van der Waals surface area contributed by atoms with E-state index in [1.54, 1.807) is 12.1 Å². The molecular weight excluding hydrogens is 591 g/mol. The van der Waals surface area contributed by atoms with Crippen molar-refractivity contribution in [1.82, 2.24) is 0 Å². The summed E-state index contributed by atoms with van der Waals surface area (Å²) in [4.78, 5) is 10.9. The van der Waals surface area contributed by atoms with E-state index in [9.17, 15) is 4.79 Å². The lowest BCUT2D eigenvalue weighted by Crippen LogP contribution is -2.10. The Balaban J connectivity index is 1.48. The second kappa shape index (κ2) is 14.3. The van der Waals surface area contributed by atoms with Gasteiger partial charge in [-0.2, -0.15) is 0 Å². The summed E-state index contributed by atoms with van der Waals surface area (Å²) in [7, 11) is 0. The number of ether oxygens (including phenoxy) is 2. The number of rotatable bonds is 11. The molecule has 0 saturated carbocycles. The van der Waals surface area contributed by atoms with Gasteiger partial charge >= 0.3 is 5.97 Å². The largest absolute Gasteiger partial charge is 0.489 e. The molecule has 0 radical (unpaired) electrons. The summed E-state index contributed by atoms with van der Waals surface area (Å²) in [5.74, 6) is 0.192. The van der Waals surface area contributed by atoms with Crippen LogP contribution in [-0.4, -0.2) is 24.3 Å². The fraction of sp³-hybridized carbons (Fsp3) is 0.132. The highest BCUT2D eigenvalue weighted by Gasteiger charge is 2.14. The van der Waals surface area contributed by atoms with Crippen LogP contribution in [0.1, 0.15) is 30.0 Å². The number of aliphatic carboxylic acids is 1. The quantitative estimate of drug-likeness (QED) is 0.159. The van der Waals surface area contributed by atoms with Gasteiger partial charge in [-0.3, -0.25) is 0 Å². The van der Waals surface area contributed by atoms with E-state index in [1.807, 2.05) is 61.5 Å². The van der Waals surface area contributed by atoms with Gasteiger partial charge in [-0.25, -0.2) is 4.79 Å². The molecule has 0 aliphatic carbocycles. The smallest absolute Gasteiger partial charge is 0.341 e. The molecule has 0 amide bonds. The Hall–Kier alpha value is -4.51. The van der Waals surface area contributed by atoms with E-state index < -0.39 is 5.97 Å². The lowest BCUT2D eigenvalue weighted by molar-refractivity contribution is -0.139. The minimum Gasteiger partial charge on any atom is -0.489 e. The van der Waals surface area contributed by atoms with Crippen LogP contribution in [0, 0.1) is 6.92 Å². The first-order chi connectivity index (χ1) is 21.3. The second-order valence-electron chi connectivity index (χ2n) is 10.4. The second-order valence-corrected chi connectivity index (χ2v) is 11.3. The van der Waals surface area contributed by atoms with Crippen LogP contribution in [0.25, 0.3) is 27.8 Å². The van der Waals surface area contributed by atoms with Crippen molar-refractivity contribution >= 4 is 34.7 Å². The van der Waals surface area contributed by atoms with E-state index in [0.717, 1.165) is 56.5 Å². The SMILES string of the molecule is CCC(COc1ccc(OCC(=O)O)c(C)c1)=C(c1ccc(-c2ccc(Cl)cc2)cc1)c1ccc(-c2ccc(Cl)cc2)cc1. The van der Waals surface area contributed by atoms with E-state index in [4.69, 9.17) is 37.8 Å². The molecule has 0 saturated heterocycles. The van der Waals surface area contributed by atoms with Gasteiger partial charge in [-0.05, 0) is 106 Å². The van der Waals surface area contributed by atoms with Gasteiger partial charge in [-0.1, -0.05) is 103 Å². The third-order valence-corrected chi connectivity index (χ3v) is 7.90. The van der Waals surface area contributed by atoms with Crippen molar-refractivity contribution in [2.75, 3.05) is 13.2 Å². The number of carbonyl (C=O) groups is 1. The monoisotopic (exact) mass is 622 g/mol. The van der Waals surface area contributed by atoms with Crippen molar-refractivity contribution in [2.45, 2.75) is 20.3 Å². The molecular formula is C38H32Cl2O4. The fourth-order valence-corrected chi connectivity index (χ4v) is 5.30. The Bertz CT molecular complexity index is 1670. The Kier molecular flexibility index (Phi) is 10.1. The van der Waals surface area contributed by atoms with E-state index in [0.29, 0.717) is 28.2 Å². The molecule has 0 aromatic heterocycles. The van der Waals surface area contributed by atoms with Crippen molar-refractivity contribution < 1.29 is 19.4 Å². The van der Waals surface area contributed by atoms with Gasteiger partial charge in [0, 0.05) is 10.0 Å². The van der Waals surface area contributed by atoms with Gasteiger partial charge < -0.3 is 14.6 Å². The molecule has 0 heterocycles. The van der Waals surface area contributed by atoms with Gasteiger partial charge in [0.15, 0.2) is 6.61 Å². The molecule has 0 unspecified atom stereocenters. The third-order valence-electron chi connectivity index (χ3n) is 7.39. The maximum absolute atomic E-state index is 10.9. The molecule has 0 fully saturated rings. The molecule has 5 aromatic rings. The van der Waals surface area contributed by atoms with Crippen LogP contribution in [0.2, 0.25) is 10.0 Å². The average Bonchev–Trinajstić information content (AvgIpc) is 3.03. The molecule has 6 heteroatoms. The van der Waals surface area contributed by atoms with E-state index in [2.05, 4.69) is 55.5 Å². The normalized spacial score (nSPS) is 10.7. The minimum absolute atomic E-state index is 0.387. The molecule has 222 valence electrons. The number of carboxylic acids is 1. The first kappa shape index (κ1) is 30.9. The molecule has 44 heavy (non-hydrogen) atoms. The zero-order chi connectivity index (χ0) is 31.1. The van der Waals surface area contributed by atoms with E-state index in [1.165, 1.54) is 0 Å². The first-order valence-electron chi connectivity index (χ1n) is 14.3. The molecule has 0 spiro atoms. The summed E-state index contributed by atoms with van der Waals surface area (Å²) < 4.78 is 11.7. The molecule has 0 bridgehead atoms. The van der Waals surface area contributed by atoms with Crippen LogP contribution in [0.4, 0.5) is 0 Å². The van der Waals surface area contributed by atoms with Crippen LogP contribution in [0.15, 0.2) is 121 Å². The number of hydrogen-bond acceptors (Lipinski definition) is 3. The Morgan fingerprint density at radius 2 is 1.09 bits per heavy atom. The maximum Gasteiger partial charge on any atom is 0.341 e. The molecule has 5 rings (SSSR count). The van der Waals surface area contributed by atoms with Crippen molar-refractivity contribution in [3.63, 3.8) is 0 Å². The summed E-state index contributed by atoms with van der Waals surface area (Å²) in [6, 6.07) is 38.3. The van der Waals surface area contributed by atoms with Crippen molar-refractivity contribution in [3.8, 4) is 33.8 Å². The van der Waals surface area contributed by atoms with Gasteiger partial charge in [0.25, 0.3) is 0 Å². The first-order valence-corrected chi connectivity index (χ1v) is 15.1. The van der Waals surface area contributed by atoms with Crippen LogP contribution in [0.3, 0.4) is 0 Å². The van der Waals surface area contributed by atoms with Gasteiger partial charge in [0.05, 0.1) is 0 Å². The highest BCUT2D eigenvalue weighted by molar-refractivity contribution is 6.30. The van der Waals surface area contributed by atoms with Crippen molar-refractivity contribution in [2.24, 2.45) is 0 Å². The molecule has 0 aliphatic heterocycles. The van der Waals surface area contributed by atoms with Crippen LogP contribution >= 0.6 is 23.2 Å². The predicted octanol–water partition coefficient (Wildman–Crippen LogP) is 10.4. The molecule has 4 nitrogen and oxygen atoms in total. The minimum atomic E-state index is -1.02. The Morgan fingerprint density at radius 1 is 0.636 bits per heavy atom. The van der Waals surface area contributed by atoms with E-state index in [-0.39, 0.29) is 6.61 Å². The lowest BCUT2D eigenvalue weighted by Gasteiger charge is -2.18. The fourth-order valence-electron chi connectivity index (χ4n) is 5.05. The summed E-state index contributed by atoms with van der Waals surface area (Å²) in [6.07, 6.45) is 0.784. The number of carboxylic acid groups (broad SMARTS) is 1. The van der Waals surface area contributed by atoms with Gasteiger partial charge in [-0.15, -0.1) is 0 Å². The number of halogens is 2. The molecule has 0 aliphatic rings. The highest BCUT2D eigenvalue weighted by atomic mass is 35.5. The van der Waals surface area contributed by atoms with Crippen LogP contribution < -0.4 is 9.47 Å². The highest BCUT2D eigenvalue weighted by Crippen LogP contribution is 2.33. The van der Waals surface area contributed by atoms with Gasteiger partial charge in [0.2, 0.25) is 0 Å². The standard InChI is InChI=1S/C38H32Cl2O4/c1-3-26(23-43-35-20-21-36(25(2)22-35)44-24-37(41)42)38(31-8-4-27(5-9-31)29-12-16-33(39)17-13-29)32-10-6-28(7-11-32)30-14-18-34(40)19-15-30/h4-22H,3,23-24H2,1-2H3,(H,41,42). The van der Waals surface area contributed by atoms with Crippen LogP contribution in [0.5, 0.6) is 11.5 Å². The average molecular weight is 624 g/mol. The molecule has 1 N–H and O–H groups in total. The van der Waals surface area contributed by atoms with E-state index >= 15 is 0 Å². The molecule has 5 aromatic carbocycles. The Morgan fingerprint density at radius 3 is 1.50 bits per heavy atom. The van der Waals surface area contributed by atoms with Crippen LogP contribution in [-0.2, 0) is 4.79 Å². The zero-order valence-electron chi connectivity index (χ0n) is 24.5. The summed E-state index contributed by atoms with van der Waals surface area (Å²) in [5.41, 5.74) is 9.68. The third kappa shape index (κ3) is 7.71. The summed E-state index contributed by atoms with van der Waals surface area (Å²) in [5, 5.41) is 10.4. The summed E-state index contributed by atoms with van der Waals surface area (Å²) >= 11 is 12.2. The van der Waals surface area contributed by atoms with Crippen molar-refractivity contribution in [3.05, 3.63) is 148 Å². The summed E-state index contributed by atoms with van der Waals surface area (Å²) in [6.45, 7) is 4.01.